The predicted molar refractivity (Wildman–Crippen MR) is 69.7 cm³/mol. The van der Waals surface area contributed by atoms with Crippen molar-refractivity contribution in [1.82, 2.24) is 10.3 Å². The molecular formula is C15H16N2. The van der Waals surface area contributed by atoms with Gasteiger partial charge in [0.05, 0.1) is 11.4 Å². The number of rotatable bonds is 2. The topological polar surface area (TPSA) is 24.9 Å². The molecular weight excluding hydrogens is 208 g/mol. The van der Waals surface area contributed by atoms with Crippen molar-refractivity contribution in [1.29, 1.82) is 0 Å². The fourth-order valence-corrected chi connectivity index (χ4v) is 2.35. The molecule has 2 heteroatoms. The monoisotopic (exact) mass is 224 g/mol. The van der Waals surface area contributed by atoms with Crippen molar-refractivity contribution in [2.75, 3.05) is 6.54 Å². The maximum absolute atomic E-state index is 4.76. The molecule has 2 heterocycles. The Kier molecular flexibility index (Phi) is 2.88. The Morgan fingerprint density at radius 2 is 1.88 bits per heavy atom. The molecule has 1 fully saturated rings. The lowest BCUT2D eigenvalue weighted by atomic mass is 10.1. The third-order valence-electron chi connectivity index (χ3n) is 3.26. The molecule has 1 atom stereocenters. The van der Waals surface area contributed by atoms with Gasteiger partial charge in [-0.25, -0.2) is 0 Å². The van der Waals surface area contributed by atoms with Crippen LogP contribution >= 0.6 is 0 Å². The quantitative estimate of drug-likeness (QED) is 0.847. The summed E-state index contributed by atoms with van der Waals surface area (Å²) in [6.45, 7) is 1.11. The number of benzene rings is 1. The number of aromatic nitrogens is 1. The molecule has 2 nitrogen and oxygen atoms in total. The summed E-state index contributed by atoms with van der Waals surface area (Å²) in [5.74, 6) is 0. The summed E-state index contributed by atoms with van der Waals surface area (Å²) in [6.07, 6.45) is 2.45. The SMILES string of the molecule is c1ccc(-c2cccc([C@@H]3CCCN3)n2)cc1. The van der Waals surface area contributed by atoms with Crippen molar-refractivity contribution in [3.05, 3.63) is 54.2 Å². The molecule has 1 aromatic carbocycles. The van der Waals surface area contributed by atoms with Gasteiger partial charge in [-0.15, -0.1) is 0 Å². The first kappa shape index (κ1) is 10.5. The van der Waals surface area contributed by atoms with Gasteiger partial charge in [-0.05, 0) is 31.5 Å². The molecule has 2 aromatic rings. The number of hydrogen-bond acceptors (Lipinski definition) is 2. The van der Waals surface area contributed by atoms with Crippen molar-refractivity contribution in [2.45, 2.75) is 18.9 Å². The number of nitrogens with one attached hydrogen (secondary N) is 1. The molecule has 0 unspecified atom stereocenters. The summed E-state index contributed by atoms with van der Waals surface area (Å²) in [5, 5.41) is 3.49. The first-order valence-electron chi connectivity index (χ1n) is 6.19. The molecule has 1 N–H and O–H groups in total. The summed E-state index contributed by atoms with van der Waals surface area (Å²) in [5.41, 5.74) is 3.42. The number of hydrogen-bond donors (Lipinski definition) is 1. The first-order chi connectivity index (χ1) is 8.43. The zero-order chi connectivity index (χ0) is 11.5. The molecule has 1 aliphatic heterocycles. The Bertz CT molecular complexity index is 487. The average Bonchev–Trinajstić information content (AvgIpc) is 2.94. The third-order valence-corrected chi connectivity index (χ3v) is 3.26. The smallest absolute Gasteiger partial charge is 0.0706 e. The van der Waals surface area contributed by atoms with Crippen molar-refractivity contribution in [2.24, 2.45) is 0 Å². The van der Waals surface area contributed by atoms with Crippen molar-refractivity contribution >= 4 is 0 Å². The van der Waals surface area contributed by atoms with Crippen LogP contribution in [0.15, 0.2) is 48.5 Å². The molecule has 0 amide bonds. The highest BCUT2D eigenvalue weighted by atomic mass is 15.0. The summed E-state index contributed by atoms with van der Waals surface area (Å²) in [4.78, 5) is 4.76. The van der Waals surface area contributed by atoms with Crippen LogP contribution < -0.4 is 5.32 Å². The maximum Gasteiger partial charge on any atom is 0.0706 e. The Hall–Kier alpha value is -1.67. The van der Waals surface area contributed by atoms with E-state index < -0.39 is 0 Å². The van der Waals surface area contributed by atoms with Crippen LogP contribution in [0.3, 0.4) is 0 Å². The van der Waals surface area contributed by atoms with Crippen LogP contribution in [0, 0.1) is 0 Å². The molecule has 0 radical (unpaired) electrons. The summed E-state index contributed by atoms with van der Waals surface area (Å²) in [7, 11) is 0. The van der Waals surface area contributed by atoms with Gasteiger partial charge in [0, 0.05) is 11.6 Å². The van der Waals surface area contributed by atoms with E-state index in [1.807, 2.05) is 6.07 Å². The van der Waals surface area contributed by atoms with Gasteiger partial charge in [-0.1, -0.05) is 36.4 Å². The lowest BCUT2D eigenvalue weighted by Crippen LogP contribution is -2.14. The van der Waals surface area contributed by atoms with Crippen molar-refractivity contribution in [3.63, 3.8) is 0 Å². The zero-order valence-corrected chi connectivity index (χ0v) is 9.76. The number of nitrogens with zero attached hydrogens (tertiary/aromatic N) is 1. The Labute approximate surface area is 102 Å². The second-order valence-electron chi connectivity index (χ2n) is 4.46. The van der Waals surface area contributed by atoms with Gasteiger partial charge in [0.1, 0.15) is 0 Å². The molecule has 3 rings (SSSR count). The van der Waals surface area contributed by atoms with Gasteiger partial charge in [0.25, 0.3) is 0 Å². The van der Waals surface area contributed by atoms with Gasteiger partial charge in [0.2, 0.25) is 0 Å². The predicted octanol–water partition coefficient (Wildman–Crippen LogP) is 3.17. The zero-order valence-electron chi connectivity index (χ0n) is 9.76. The van der Waals surface area contributed by atoms with Crippen LogP contribution in [0.1, 0.15) is 24.6 Å². The minimum Gasteiger partial charge on any atom is -0.309 e. The van der Waals surface area contributed by atoms with Crippen molar-refractivity contribution in [3.8, 4) is 11.3 Å². The van der Waals surface area contributed by atoms with Crippen LogP contribution in [0.25, 0.3) is 11.3 Å². The van der Waals surface area contributed by atoms with Gasteiger partial charge in [0.15, 0.2) is 0 Å². The summed E-state index contributed by atoms with van der Waals surface area (Å²) in [6, 6.07) is 17.1. The Balaban J connectivity index is 1.94. The molecule has 0 spiro atoms. The molecule has 86 valence electrons. The van der Waals surface area contributed by atoms with Crippen LogP contribution in [-0.4, -0.2) is 11.5 Å². The lowest BCUT2D eigenvalue weighted by molar-refractivity contribution is 0.628. The normalized spacial score (nSPS) is 19.4. The van der Waals surface area contributed by atoms with E-state index in [-0.39, 0.29) is 0 Å². The highest BCUT2D eigenvalue weighted by molar-refractivity contribution is 5.58. The fraction of sp³-hybridized carbons (Fsp3) is 0.267. The molecule has 1 aliphatic rings. The highest BCUT2D eigenvalue weighted by Gasteiger charge is 2.17. The fourth-order valence-electron chi connectivity index (χ4n) is 2.35. The van der Waals surface area contributed by atoms with Crippen LogP contribution in [-0.2, 0) is 0 Å². The van der Waals surface area contributed by atoms with E-state index in [1.54, 1.807) is 0 Å². The average molecular weight is 224 g/mol. The minimum absolute atomic E-state index is 0.443. The van der Waals surface area contributed by atoms with Crippen LogP contribution in [0.2, 0.25) is 0 Å². The van der Waals surface area contributed by atoms with E-state index in [4.69, 9.17) is 4.98 Å². The molecule has 0 saturated carbocycles. The van der Waals surface area contributed by atoms with Crippen LogP contribution in [0.5, 0.6) is 0 Å². The summed E-state index contributed by atoms with van der Waals surface area (Å²) >= 11 is 0. The van der Waals surface area contributed by atoms with E-state index >= 15 is 0 Å². The number of pyridine rings is 1. The second kappa shape index (κ2) is 4.68. The molecule has 1 aromatic heterocycles. The molecule has 1 saturated heterocycles. The third kappa shape index (κ3) is 2.22. The van der Waals surface area contributed by atoms with Gasteiger partial charge < -0.3 is 5.32 Å². The molecule has 17 heavy (non-hydrogen) atoms. The van der Waals surface area contributed by atoms with Crippen molar-refractivity contribution < 1.29 is 0 Å². The molecule has 0 bridgehead atoms. The van der Waals surface area contributed by atoms with Gasteiger partial charge in [-0.2, -0.15) is 0 Å². The largest absolute Gasteiger partial charge is 0.309 e. The van der Waals surface area contributed by atoms with Gasteiger partial charge >= 0.3 is 0 Å². The lowest BCUT2D eigenvalue weighted by Gasteiger charge is -2.10. The highest BCUT2D eigenvalue weighted by Crippen LogP contribution is 2.24. The van der Waals surface area contributed by atoms with Crippen LogP contribution in [0.4, 0.5) is 0 Å². The Morgan fingerprint density at radius 1 is 1.00 bits per heavy atom. The minimum atomic E-state index is 0.443. The van der Waals surface area contributed by atoms with E-state index in [1.165, 1.54) is 24.1 Å². The van der Waals surface area contributed by atoms with E-state index in [9.17, 15) is 0 Å². The standard InChI is InChI=1S/C15H16N2/c1-2-6-12(7-3-1)13-8-4-9-15(17-13)14-10-5-11-16-14/h1-4,6-9,14,16H,5,10-11H2/t14-/m0/s1. The maximum atomic E-state index is 4.76. The molecule has 0 aliphatic carbocycles. The second-order valence-corrected chi connectivity index (χ2v) is 4.46. The van der Waals surface area contributed by atoms with E-state index in [0.29, 0.717) is 6.04 Å². The van der Waals surface area contributed by atoms with Gasteiger partial charge in [-0.3, -0.25) is 4.98 Å². The summed E-state index contributed by atoms with van der Waals surface area (Å²) < 4.78 is 0. The Morgan fingerprint density at radius 3 is 2.65 bits per heavy atom. The van der Waals surface area contributed by atoms with E-state index in [2.05, 4.69) is 47.8 Å². The first-order valence-corrected chi connectivity index (χ1v) is 6.19. The van der Waals surface area contributed by atoms with E-state index in [0.717, 1.165) is 12.2 Å².